The number of carbonyl (C=O) groups excluding carboxylic acids is 1. The number of carboxylic acid groups (broad SMARTS) is 1. The van der Waals surface area contributed by atoms with Crippen molar-refractivity contribution in [2.75, 3.05) is 24.3 Å². The summed E-state index contributed by atoms with van der Waals surface area (Å²) >= 11 is 11.6. The number of carboxylic acids is 1. The molecule has 198 valence electrons. The number of hydrogen-bond acceptors (Lipinski definition) is 6. The molecule has 0 amide bonds. The molecule has 0 bridgehead atoms. The number of para-hydroxylation sites is 2. The number of ketones is 1. The van der Waals surface area contributed by atoms with Gasteiger partial charge in [-0.15, -0.1) is 0 Å². The van der Waals surface area contributed by atoms with Crippen molar-refractivity contribution in [1.82, 2.24) is 0 Å². The van der Waals surface area contributed by atoms with Gasteiger partial charge >= 0.3 is 5.97 Å². The van der Waals surface area contributed by atoms with E-state index in [2.05, 4.69) is 0 Å². The molecule has 4 rings (SSSR count). The Morgan fingerprint density at radius 1 is 0.737 bits per heavy atom. The first kappa shape index (κ1) is 30.0. The van der Waals surface area contributed by atoms with Crippen LogP contribution in [0.3, 0.4) is 0 Å². The summed E-state index contributed by atoms with van der Waals surface area (Å²) in [5.41, 5.74) is 20.5. The van der Waals surface area contributed by atoms with E-state index in [0.29, 0.717) is 28.4 Å². The molecule has 0 aromatic heterocycles. The van der Waals surface area contributed by atoms with Crippen LogP contribution in [-0.2, 0) is 6.42 Å². The second-order valence-corrected chi connectivity index (χ2v) is 8.80. The van der Waals surface area contributed by atoms with Gasteiger partial charge in [-0.25, -0.2) is 4.79 Å². The number of nitrogen functional groups attached to an aromatic ring is 3. The molecule has 0 heterocycles. The lowest BCUT2D eigenvalue weighted by Gasteiger charge is -2.08. The van der Waals surface area contributed by atoms with Gasteiger partial charge in [0.1, 0.15) is 11.3 Å². The Hall–Kier alpha value is -4.20. The first-order valence-electron chi connectivity index (χ1n) is 11.3. The molecule has 0 saturated heterocycles. The third-order valence-corrected chi connectivity index (χ3v) is 5.97. The fourth-order valence-electron chi connectivity index (χ4n) is 3.34. The van der Waals surface area contributed by atoms with Gasteiger partial charge in [0.2, 0.25) is 0 Å². The number of anilines is 3. The zero-order chi connectivity index (χ0) is 28.2. The molecule has 0 aliphatic carbocycles. The van der Waals surface area contributed by atoms with Crippen LogP contribution in [0.4, 0.5) is 17.1 Å². The quantitative estimate of drug-likeness (QED) is 0.162. The van der Waals surface area contributed by atoms with Crippen LogP contribution in [-0.4, -0.2) is 24.0 Å². The number of Topliss-reactive ketones (excluding diaryl/α,β-unsaturated/α-hetero) is 1. The van der Waals surface area contributed by atoms with Crippen LogP contribution in [0.25, 0.3) is 0 Å². The predicted octanol–water partition coefficient (Wildman–Crippen LogP) is 6.55. The van der Waals surface area contributed by atoms with E-state index in [9.17, 15) is 9.59 Å². The van der Waals surface area contributed by atoms with Crippen molar-refractivity contribution in [1.29, 1.82) is 0 Å². The Morgan fingerprint density at radius 3 is 1.68 bits per heavy atom. The number of methoxy groups -OCH3 is 1. The molecule has 38 heavy (non-hydrogen) atoms. The summed E-state index contributed by atoms with van der Waals surface area (Å²) in [6.45, 7) is 1.98. The monoisotopic (exact) mass is 553 g/mol. The van der Waals surface area contributed by atoms with Crippen molar-refractivity contribution in [3.05, 3.63) is 117 Å². The fraction of sp³-hybridized carbons (Fsp3) is 0.103. The number of nitrogens with two attached hydrogens (primary N) is 3. The Morgan fingerprint density at radius 2 is 1.24 bits per heavy atom. The lowest BCUT2D eigenvalue weighted by molar-refractivity contribution is 0.0698. The third kappa shape index (κ3) is 8.44. The minimum Gasteiger partial charge on any atom is -0.495 e. The first-order chi connectivity index (χ1) is 18.1. The summed E-state index contributed by atoms with van der Waals surface area (Å²) < 4.78 is 4.92. The Balaban J connectivity index is 0.000000217. The van der Waals surface area contributed by atoms with Gasteiger partial charge in [0, 0.05) is 17.8 Å². The van der Waals surface area contributed by atoms with Crippen molar-refractivity contribution in [2.45, 2.75) is 13.3 Å². The van der Waals surface area contributed by atoms with E-state index < -0.39 is 5.97 Å². The molecule has 0 saturated carbocycles. The fourth-order valence-corrected chi connectivity index (χ4v) is 3.89. The van der Waals surface area contributed by atoms with Gasteiger partial charge in [0.15, 0.2) is 5.78 Å². The second kappa shape index (κ2) is 14.5. The van der Waals surface area contributed by atoms with Crippen molar-refractivity contribution in [3.63, 3.8) is 0 Å². The molecule has 0 atom stereocenters. The van der Waals surface area contributed by atoms with E-state index in [1.807, 2.05) is 49.4 Å². The van der Waals surface area contributed by atoms with Crippen molar-refractivity contribution < 1.29 is 19.4 Å². The summed E-state index contributed by atoms with van der Waals surface area (Å²) in [7, 11) is 1.60. The molecule has 4 aromatic carbocycles. The lowest BCUT2D eigenvalue weighted by Crippen LogP contribution is -2.08. The number of rotatable bonds is 5. The number of halogens is 2. The van der Waals surface area contributed by atoms with Gasteiger partial charge < -0.3 is 27.0 Å². The highest BCUT2D eigenvalue weighted by molar-refractivity contribution is 6.35. The molecule has 0 aliphatic heterocycles. The van der Waals surface area contributed by atoms with Crippen LogP contribution in [0.5, 0.6) is 5.75 Å². The number of aromatic carboxylic acids is 1. The van der Waals surface area contributed by atoms with Crippen LogP contribution >= 0.6 is 23.2 Å². The highest BCUT2D eigenvalue weighted by atomic mass is 35.5. The molecular formula is C29H29Cl2N3O4. The number of ether oxygens (including phenoxy) is 1. The largest absolute Gasteiger partial charge is 0.495 e. The molecule has 0 aliphatic rings. The standard InChI is InChI=1S/C15H14ClNO.C7H6ClNO2.C7H9NO/c1-10-5-2-3-6-11(10)9-14(18)15-12(16)7-4-8-13(15)17;8-4-2-1-3-5(9)6(4)7(10)11;1-9-7-5-3-2-4-6(7)8/h2-8H,9,17H2,1H3;1-3H,9H2,(H,10,11);2-5H,8H2,1H3. The second-order valence-electron chi connectivity index (χ2n) is 7.98. The molecule has 0 radical (unpaired) electrons. The van der Waals surface area contributed by atoms with Gasteiger partial charge in [0.25, 0.3) is 0 Å². The summed E-state index contributed by atoms with van der Waals surface area (Å²) in [6, 6.07) is 24.9. The number of carbonyl (C=O) groups is 2. The first-order valence-corrected chi connectivity index (χ1v) is 12.1. The Labute approximate surface area is 231 Å². The zero-order valence-electron chi connectivity index (χ0n) is 20.9. The molecular weight excluding hydrogens is 525 g/mol. The maximum Gasteiger partial charge on any atom is 0.339 e. The van der Waals surface area contributed by atoms with Crippen LogP contribution in [0.2, 0.25) is 10.0 Å². The van der Waals surface area contributed by atoms with Gasteiger partial charge in [0.05, 0.1) is 28.4 Å². The molecule has 0 spiro atoms. The highest BCUT2D eigenvalue weighted by Crippen LogP contribution is 2.24. The molecule has 9 heteroatoms. The summed E-state index contributed by atoms with van der Waals surface area (Å²) in [6.07, 6.45) is 0.320. The molecule has 0 unspecified atom stereocenters. The number of benzene rings is 4. The van der Waals surface area contributed by atoms with E-state index >= 15 is 0 Å². The SMILES string of the molecule is COc1ccccc1N.Cc1ccccc1CC(=O)c1c(N)cccc1Cl.Nc1cccc(Cl)c1C(=O)O. The van der Waals surface area contributed by atoms with Crippen LogP contribution in [0.15, 0.2) is 84.9 Å². The third-order valence-electron chi connectivity index (χ3n) is 5.34. The summed E-state index contributed by atoms with van der Waals surface area (Å²) in [5, 5.41) is 9.16. The number of hydrogen-bond donors (Lipinski definition) is 4. The van der Waals surface area contributed by atoms with Crippen molar-refractivity contribution >= 4 is 52.0 Å². The smallest absolute Gasteiger partial charge is 0.339 e. The molecule has 4 aromatic rings. The van der Waals surface area contributed by atoms with E-state index in [4.69, 9.17) is 50.2 Å². The average Bonchev–Trinajstić information content (AvgIpc) is 2.86. The molecule has 7 nitrogen and oxygen atoms in total. The van der Waals surface area contributed by atoms with Crippen molar-refractivity contribution in [3.8, 4) is 5.75 Å². The van der Waals surface area contributed by atoms with Gasteiger partial charge in [-0.1, -0.05) is 71.7 Å². The molecule has 0 fully saturated rings. The van der Waals surface area contributed by atoms with Gasteiger partial charge in [-0.3, -0.25) is 4.79 Å². The minimum atomic E-state index is -1.10. The maximum atomic E-state index is 12.2. The van der Waals surface area contributed by atoms with E-state index in [1.54, 1.807) is 37.4 Å². The van der Waals surface area contributed by atoms with Crippen LogP contribution in [0, 0.1) is 6.92 Å². The normalized spacial score (nSPS) is 9.79. The topological polar surface area (TPSA) is 142 Å². The zero-order valence-corrected chi connectivity index (χ0v) is 22.5. The van der Waals surface area contributed by atoms with Crippen LogP contribution < -0.4 is 21.9 Å². The van der Waals surface area contributed by atoms with E-state index in [0.717, 1.165) is 16.9 Å². The Bertz CT molecular complexity index is 1370. The van der Waals surface area contributed by atoms with Crippen LogP contribution in [0.1, 0.15) is 31.8 Å². The van der Waals surface area contributed by atoms with Gasteiger partial charge in [-0.2, -0.15) is 0 Å². The Kier molecular flexibility index (Phi) is 11.5. The summed E-state index contributed by atoms with van der Waals surface area (Å²) in [5.74, 6) is -0.419. The molecule has 7 N–H and O–H groups in total. The van der Waals surface area contributed by atoms with Crippen molar-refractivity contribution in [2.24, 2.45) is 0 Å². The minimum absolute atomic E-state index is 0.0332. The van der Waals surface area contributed by atoms with Gasteiger partial charge in [-0.05, 0) is 54.4 Å². The number of aryl methyl sites for hydroxylation is 1. The average molecular weight is 554 g/mol. The maximum absolute atomic E-state index is 12.2. The lowest BCUT2D eigenvalue weighted by atomic mass is 9.98. The summed E-state index contributed by atoms with van der Waals surface area (Å²) in [4.78, 5) is 22.7. The highest BCUT2D eigenvalue weighted by Gasteiger charge is 2.15. The van der Waals surface area contributed by atoms with E-state index in [1.165, 1.54) is 12.1 Å². The predicted molar refractivity (Wildman–Crippen MR) is 155 cm³/mol. The van der Waals surface area contributed by atoms with E-state index in [-0.39, 0.29) is 22.1 Å².